The number of nitrogens with one attached hydrogen (secondary N) is 1. The van der Waals surface area contributed by atoms with E-state index in [1.54, 1.807) is 0 Å². The van der Waals surface area contributed by atoms with Crippen LogP contribution in [-0.4, -0.2) is 62.2 Å². The molecule has 1 N–H and O–H groups in total. The van der Waals surface area contributed by atoms with Gasteiger partial charge in [-0.25, -0.2) is 0 Å². The maximum Gasteiger partial charge on any atom is 0.0110 e. The summed E-state index contributed by atoms with van der Waals surface area (Å²) >= 11 is 0. The first-order valence-electron chi connectivity index (χ1n) is 15.5. The van der Waals surface area contributed by atoms with Gasteiger partial charge in [-0.05, 0) is 25.9 Å². The van der Waals surface area contributed by atoms with E-state index in [0.717, 1.165) is 0 Å². The lowest BCUT2D eigenvalue weighted by molar-refractivity contribution is 0.184. The number of nitrogens with zero attached hydrogens (tertiary/aromatic N) is 2. The van der Waals surface area contributed by atoms with Gasteiger partial charge in [-0.3, -0.25) is 4.90 Å². The second kappa shape index (κ2) is 27.5. The van der Waals surface area contributed by atoms with E-state index in [1.807, 2.05) is 0 Å². The molecule has 1 aliphatic rings. The van der Waals surface area contributed by atoms with Crippen LogP contribution in [0.3, 0.4) is 0 Å². The molecular weight excluding hydrogens is 414 g/mol. The fraction of sp³-hybridized carbons (Fsp3) is 1.00. The predicted molar refractivity (Wildman–Crippen MR) is 156 cm³/mol. The van der Waals surface area contributed by atoms with Crippen molar-refractivity contribution in [1.82, 2.24) is 15.1 Å². The van der Waals surface area contributed by atoms with E-state index in [1.165, 1.54) is 181 Å². The Labute approximate surface area is 217 Å². The summed E-state index contributed by atoms with van der Waals surface area (Å²) in [4.78, 5) is 5.47. The quantitative estimate of drug-likeness (QED) is 0.132. The summed E-state index contributed by atoms with van der Waals surface area (Å²) in [7, 11) is 0. The van der Waals surface area contributed by atoms with E-state index in [0.29, 0.717) is 0 Å². The summed E-state index contributed by atoms with van der Waals surface area (Å²) in [6.45, 7) is 14.7. The maximum absolute atomic E-state index is 3.49. The Morgan fingerprint density at radius 3 is 1.24 bits per heavy atom. The number of unbranched alkanes of at least 4 members (excludes halogenated alkanes) is 18. The SMILES string of the molecule is C.CCCCCCCCCCCCN(CCCCCCCCCCCC)CCN1CCNCC1. The molecule has 3 nitrogen and oxygen atoms in total. The van der Waals surface area contributed by atoms with Gasteiger partial charge in [0.05, 0.1) is 0 Å². The summed E-state index contributed by atoms with van der Waals surface area (Å²) in [6.07, 6.45) is 28.9. The Kier molecular flexibility index (Phi) is 27.4. The van der Waals surface area contributed by atoms with Crippen molar-refractivity contribution < 1.29 is 0 Å². The summed E-state index contributed by atoms with van der Waals surface area (Å²) < 4.78 is 0. The Hall–Kier alpha value is -0.120. The molecule has 0 aromatic heterocycles. The summed E-state index contributed by atoms with van der Waals surface area (Å²) in [6, 6.07) is 0. The van der Waals surface area contributed by atoms with E-state index in [2.05, 4.69) is 29.0 Å². The number of piperazine rings is 1. The van der Waals surface area contributed by atoms with E-state index < -0.39 is 0 Å². The van der Waals surface area contributed by atoms with Crippen LogP contribution in [0.25, 0.3) is 0 Å². The van der Waals surface area contributed by atoms with Gasteiger partial charge in [-0.15, -0.1) is 0 Å². The average Bonchev–Trinajstić information content (AvgIpc) is 2.85. The smallest absolute Gasteiger partial charge is 0.0110 e. The zero-order chi connectivity index (χ0) is 23.7. The first-order chi connectivity index (χ1) is 16.4. The van der Waals surface area contributed by atoms with Gasteiger partial charge in [0.15, 0.2) is 0 Å². The second-order valence-corrected chi connectivity index (χ2v) is 10.8. The highest BCUT2D eigenvalue weighted by Crippen LogP contribution is 2.13. The van der Waals surface area contributed by atoms with Crippen LogP contribution in [0, 0.1) is 0 Å². The third-order valence-electron chi connectivity index (χ3n) is 7.60. The summed E-state index contributed by atoms with van der Waals surface area (Å²) in [5, 5.41) is 3.49. The first-order valence-corrected chi connectivity index (χ1v) is 15.5. The third-order valence-corrected chi connectivity index (χ3v) is 7.60. The van der Waals surface area contributed by atoms with Crippen molar-refractivity contribution in [2.45, 2.75) is 150 Å². The van der Waals surface area contributed by atoms with Crippen LogP contribution in [0.15, 0.2) is 0 Å². The van der Waals surface area contributed by atoms with E-state index in [9.17, 15) is 0 Å². The summed E-state index contributed by atoms with van der Waals surface area (Å²) in [5.41, 5.74) is 0. The fourth-order valence-corrected chi connectivity index (χ4v) is 5.20. The highest BCUT2D eigenvalue weighted by molar-refractivity contribution is 4.70. The molecule has 0 saturated carbocycles. The van der Waals surface area contributed by atoms with Crippen LogP contribution < -0.4 is 5.32 Å². The highest BCUT2D eigenvalue weighted by Gasteiger charge is 2.11. The van der Waals surface area contributed by atoms with Crippen LogP contribution >= 0.6 is 0 Å². The molecule has 0 spiro atoms. The molecule has 1 rings (SSSR count). The van der Waals surface area contributed by atoms with Gasteiger partial charge < -0.3 is 10.2 Å². The van der Waals surface area contributed by atoms with Gasteiger partial charge in [0.2, 0.25) is 0 Å². The van der Waals surface area contributed by atoms with E-state index >= 15 is 0 Å². The molecule has 0 aromatic rings. The Morgan fingerprint density at radius 1 is 0.500 bits per heavy atom. The zero-order valence-corrected chi connectivity index (χ0v) is 23.2. The van der Waals surface area contributed by atoms with Crippen molar-refractivity contribution in [1.29, 1.82) is 0 Å². The van der Waals surface area contributed by atoms with Crippen molar-refractivity contribution in [2.75, 3.05) is 52.4 Å². The molecule has 206 valence electrons. The van der Waals surface area contributed by atoms with Crippen LogP contribution in [-0.2, 0) is 0 Å². The van der Waals surface area contributed by atoms with Crippen molar-refractivity contribution >= 4 is 0 Å². The monoisotopic (exact) mass is 482 g/mol. The molecule has 1 heterocycles. The number of rotatable bonds is 25. The normalized spacial score (nSPS) is 14.6. The highest BCUT2D eigenvalue weighted by atomic mass is 15.2. The van der Waals surface area contributed by atoms with Crippen molar-refractivity contribution in [3.8, 4) is 0 Å². The maximum atomic E-state index is 3.49. The molecule has 34 heavy (non-hydrogen) atoms. The molecule has 0 bridgehead atoms. The second-order valence-electron chi connectivity index (χ2n) is 10.8. The minimum atomic E-state index is 0. The van der Waals surface area contributed by atoms with Crippen molar-refractivity contribution in [3.63, 3.8) is 0 Å². The summed E-state index contributed by atoms with van der Waals surface area (Å²) in [5.74, 6) is 0. The molecule has 0 aromatic carbocycles. The lowest BCUT2D eigenvalue weighted by Gasteiger charge is -2.30. The van der Waals surface area contributed by atoms with Crippen LogP contribution in [0.2, 0.25) is 0 Å². The first kappa shape index (κ1) is 33.9. The molecular formula is C31H67N3. The Morgan fingerprint density at radius 2 is 0.853 bits per heavy atom. The van der Waals surface area contributed by atoms with Gasteiger partial charge in [0.25, 0.3) is 0 Å². The molecule has 0 aliphatic carbocycles. The number of hydrogen-bond donors (Lipinski definition) is 1. The Balaban J connectivity index is 0.0000109. The van der Waals surface area contributed by atoms with Crippen molar-refractivity contribution in [3.05, 3.63) is 0 Å². The van der Waals surface area contributed by atoms with Crippen LogP contribution in [0.4, 0.5) is 0 Å². The van der Waals surface area contributed by atoms with Crippen LogP contribution in [0.5, 0.6) is 0 Å². The molecule has 1 saturated heterocycles. The van der Waals surface area contributed by atoms with Crippen molar-refractivity contribution in [2.24, 2.45) is 0 Å². The fourth-order valence-electron chi connectivity index (χ4n) is 5.20. The standard InChI is InChI=1S/C30H63N3.CH4/c1-3-5-7-9-11-13-15-17-19-21-25-32(29-30-33-27-23-31-24-28-33)26-22-20-18-16-14-12-10-8-6-4-2;/h31H,3-30H2,1-2H3;1H4. The molecule has 0 amide bonds. The minimum Gasteiger partial charge on any atom is -0.314 e. The van der Waals surface area contributed by atoms with Gasteiger partial charge in [-0.2, -0.15) is 0 Å². The molecule has 0 atom stereocenters. The topological polar surface area (TPSA) is 18.5 Å². The number of hydrogen-bond acceptors (Lipinski definition) is 3. The van der Waals surface area contributed by atoms with E-state index in [-0.39, 0.29) is 7.43 Å². The van der Waals surface area contributed by atoms with Gasteiger partial charge >= 0.3 is 0 Å². The van der Waals surface area contributed by atoms with Gasteiger partial charge in [0, 0.05) is 39.3 Å². The van der Waals surface area contributed by atoms with Gasteiger partial charge in [-0.1, -0.05) is 137 Å². The predicted octanol–water partition coefficient (Wildman–Crippen LogP) is 8.67. The molecule has 0 unspecified atom stereocenters. The van der Waals surface area contributed by atoms with Gasteiger partial charge in [0.1, 0.15) is 0 Å². The van der Waals surface area contributed by atoms with Crippen LogP contribution in [0.1, 0.15) is 150 Å². The zero-order valence-electron chi connectivity index (χ0n) is 23.2. The lowest BCUT2D eigenvalue weighted by atomic mass is 10.1. The largest absolute Gasteiger partial charge is 0.314 e. The third kappa shape index (κ3) is 22.4. The lowest BCUT2D eigenvalue weighted by Crippen LogP contribution is -2.46. The van der Waals surface area contributed by atoms with E-state index in [4.69, 9.17) is 0 Å². The molecule has 0 radical (unpaired) electrons. The average molecular weight is 482 g/mol. The molecule has 1 aliphatic heterocycles. The molecule has 3 heteroatoms. The Bertz CT molecular complexity index is 344. The molecule has 1 fully saturated rings. The minimum absolute atomic E-state index is 0.